The van der Waals surface area contributed by atoms with Gasteiger partial charge >= 0.3 is 0 Å². The zero-order valence-corrected chi connectivity index (χ0v) is 11.9. The number of rotatable bonds is 3. The molecule has 1 heteroatoms. The predicted molar refractivity (Wildman–Crippen MR) is 78.6 cm³/mol. The molecular formula is C16H17Br. The second kappa shape index (κ2) is 5.50. The molecule has 0 spiro atoms. The molecule has 88 valence electrons. The molecule has 0 atom stereocenters. The molecular weight excluding hydrogens is 272 g/mol. The van der Waals surface area contributed by atoms with Crippen LogP contribution in [0.3, 0.4) is 0 Å². The van der Waals surface area contributed by atoms with Gasteiger partial charge in [-0.05, 0) is 28.2 Å². The Bertz CT molecular complexity index is 486. The van der Waals surface area contributed by atoms with Gasteiger partial charge in [-0.1, -0.05) is 78.3 Å². The summed E-state index contributed by atoms with van der Waals surface area (Å²) in [5.74, 6) is 0.571. The molecule has 2 aromatic carbocycles. The van der Waals surface area contributed by atoms with Crippen LogP contribution in [-0.2, 0) is 5.33 Å². The predicted octanol–water partition coefficient (Wildman–Crippen LogP) is 5.37. The number of alkyl halides is 1. The highest BCUT2D eigenvalue weighted by Crippen LogP contribution is 2.29. The maximum Gasteiger partial charge on any atom is 0.0289 e. The van der Waals surface area contributed by atoms with E-state index in [0.717, 1.165) is 5.33 Å². The van der Waals surface area contributed by atoms with E-state index in [1.807, 2.05) is 0 Å². The third kappa shape index (κ3) is 2.78. The summed E-state index contributed by atoms with van der Waals surface area (Å²) in [6, 6.07) is 17.4. The van der Waals surface area contributed by atoms with Crippen molar-refractivity contribution >= 4 is 15.9 Å². The third-order valence-corrected chi connectivity index (χ3v) is 3.63. The van der Waals surface area contributed by atoms with Crippen LogP contribution in [0.5, 0.6) is 0 Å². The van der Waals surface area contributed by atoms with Gasteiger partial charge in [0.2, 0.25) is 0 Å². The second-order valence-corrected chi connectivity index (χ2v) is 5.13. The van der Waals surface area contributed by atoms with Crippen molar-refractivity contribution in [2.75, 3.05) is 0 Å². The summed E-state index contributed by atoms with van der Waals surface area (Å²) in [6.45, 7) is 4.47. The normalized spacial score (nSPS) is 10.8. The minimum Gasteiger partial charge on any atom is -0.0876 e. The second-order valence-electron chi connectivity index (χ2n) is 4.57. The van der Waals surface area contributed by atoms with Crippen LogP contribution >= 0.6 is 15.9 Å². The molecule has 2 rings (SSSR count). The quantitative estimate of drug-likeness (QED) is 0.666. The molecule has 0 aliphatic heterocycles. The number of hydrogen-bond acceptors (Lipinski definition) is 0. The van der Waals surface area contributed by atoms with Gasteiger partial charge in [-0.15, -0.1) is 0 Å². The van der Waals surface area contributed by atoms with Crippen molar-refractivity contribution in [1.82, 2.24) is 0 Å². The molecule has 0 fully saturated rings. The fraction of sp³-hybridized carbons (Fsp3) is 0.250. The first-order valence-corrected chi connectivity index (χ1v) is 7.08. The molecule has 0 aliphatic rings. The molecule has 0 heterocycles. The Labute approximate surface area is 112 Å². The van der Waals surface area contributed by atoms with Crippen LogP contribution in [0.2, 0.25) is 0 Å². The minimum absolute atomic E-state index is 0.571. The minimum atomic E-state index is 0.571. The summed E-state index contributed by atoms with van der Waals surface area (Å²) < 4.78 is 0. The van der Waals surface area contributed by atoms with E-state index in [9.17, 15) is 0 Å². The number of benzene rings is 2. The van der Waals surface area contributed by atoms with Crippen molar-refractivity contribution in [3.05, 3.63) is 59.7 Å². The highest BCUT2D eigenvalue weighted by molar-refractivity contribution is 9.08. The molecule has 0 aliphatic carbocycles. The van der Waals surface area contributed by atoms with Crippen LogP contribution in [0.15, 0.2) is 48.5 Å². The van der Waals surface area contributed by atoms with E-state index in [0.29, 0.717) is 5.92 Å². The Morgan fingerprint density at radius 1 is 1.00 bits per heavy atom. The summed E-state index contributed by atoms with van der Waals surface area (Å²) >= 11 is 3.57. The maximum atomic E-state index is 3.57. The van der Waals surface area contributed by atoms with Crippen LogP contribution in [0.4, 0.5) is 0 Å². The summed E-state index contributed by atoms with van der Waals surface area (Å²) in [6.07, 6.45) is 0. The molecule has 0 nitrogen and oxygen atoms in total. The molecule has 0 unspecified atom stereocenters. The zero-order chi connectivity index (χ0) is 12.3. The molecule has 0 saturated heterocycles. The SMILES string of the molecule is CC(C)c1ccc(CBr)c(-c2ccccc2)c1. The monoisotopic (exact) mass is 288 g/mol. The fourth-order valence-electron chi connectivity index (χ4n) is 1.96. The van der Waals surface area contributed by atoms with Gasteiger partial charge in [-0.2, -0.15) is 0 Å². The average molecular weight is 289 g/mol. The molecule has 0 N–H and O–H groups in total. The lowest BCUT2D eigenvalue weighted by Gasteiger charge is -2.12. The topological polar surface area (TPSA) is 0 Å². The van der Waals surface area contributed by atoms with E-state index in [-0.39, 0.29) is 0 Å². The van der Waals surface area contributed by atoms with Crippen molar-refractivity contribution in [3.8, 4) is 11.1 Å². The highest BCUT2D eigenvalue weighted by atomic mass is 79.9. The molecule has 17 heavy (non-hydrogen) atoms. The van der Waals surface area contributed by atoms with E-state index in [2.05, 4.69) is 78.3 Å². The first kappa shape index (κ1) is 12.4. The van der Waals surface area contributed by atoms with Gasteiger partial charge in [0.05, 0.1) is 0 Å². The van der Waals surface area contributed by atoms with E-state index in [1.54, 1.807) is 0 Å². The van der Waals surface area contributed by atoms with Gasteiger partial charge in [0, 0.05) is 5.33 Å². The van der Waals surface area contributed by atoms with Gasteiger partial charge in [0.25, 0.3) is 0 Å². The Balaban J connectivity index is 2.54. The lowest BCUT2D eigenvalue weighted by molar-refractivity contribution is 0.866. The summed E-state index contributed by atoms with van der Waals surface area (Å²) in [7, 11) is 0. The van der Waals surface area contributed by atoms with Gasteiger partial charge in [-0.3, -0.25) is 0 Å². The molecule has 0 amide bonds. The van der Waals surface area contributed by atoms with E-state index in [4.69, 9.17) is 0 Å². The Morgan fingerprint density at radius 2 is 1.71 bits per heavy atom. The Morgan fingerprint density at radius 3 is 2.29 bits per heavy atom. The first-order chi connectivity index (χ1) is 8.22. The Kier molecular flexibility index (Phi) is 4.01. The van der Waals surface area contributed by atoms with Gasteiger partial charge in [-0.25, -0.2) is 0 Å². The van der Waals surface area contributed by atoms with Crippen LogP contribution < -0.4 is 0 Å². The average Bonchev–Trinajstić information content (AvgIpc) is 2.39. The lowest BCUT2D eigenvalue weighted by atomic mass is 9.94. The van der Waals surface area contributed by atoms with E-state index in [1.165, 1.54) is 22.3 Å². The van der Waals surface area contributed by atoms with E-state index >= 15 is 0 Å². The molecule has 2 aromatic rings. The van der Waals surface area contributed by atoms with Gasteiger partial charge in [0.15, 0.2) is 0 Å². The molecule has 0 saturated carbocycles. The van der Waals surface area contributed by atoms with Crippen molar-refractivity contribution in [1.29, 1.82) is 0 Å². The highest BCUT2D eigenvalue weighted by Gasteiger charge is 2.07. The zero-order valence-electron chi connectivity index (χ0n) is 10.3. The third-order valence-electron chi connectivity index (χ3n) is 3.03. The Hall–Kier alpha value is -1.08. The van der Waals surface area contributed by atoms with Crippen molar-refractivity contribution in [2.45, 2.75) is 25.1 Å². The number of hydrogen-bond donors (Lipinski definition) is 0. The largest absolute Gasteiger partial charge is 0.0876 e. The molecule has 0 aromatic heterocycles. The summed E-state index contributed by atoms with van der Waals surface area (Å²) in [5.41, 5.74) is 5.38. The van der Waals surface area contributed by atoms with Crippen LogP contribution in [0, 0.1) is 0 Å². The fourth-order valence-corrected chi connectivity index (χ4v) is 2.45. The standard InChI is InChI=1S/C16H17Br/c1-12(2)14-8-9-15(11-17)16(10-14)13-6-4-3-5-7-13/h3-10,12H,11H2,1-2H3. The lowest BCUT2D eigenvalue weighted by Crippen LogP contribution is -1.92. The first-order valence-electron chi connectivity index (χ1n) is 5.96. The van der Waals surface area contributed by atoms with Crippen LogP contribution in [0.1, 0.15) is 30.9 Å². The molecule has 0 radical (unpaired) electrons. The summed E-state index contributed by atoms with van der Waals surface area (Å²) in [4.78, 5) is 0. The maximum absolute atomic E-state index is 3.57. The smallest absolute Gasteiger partial charge is 0.0289 e. The van der Waals surface area contributed by atoms with Crippen molar-refractivity contribution in [3.63, 3.8) is 0 Å². The summed E-state index contributed by atoms with van der Waals surface area (Å²) in [5, 5.41) is 0.898. The van der Waals surface area contributed by atoms with Crippen LogP contribution in [0.25, 0.3) is 11.1 Å². The number of halogens is 1. The van der Waals surface area contributed by atoms with Crippen molar-refractivity contribution in [2.24, 2.45) is 0 Å². The van der Waals surface area contributed by atoms with Gasteiger partial charge in [0.1, 0.15) is 0 Å². The van der Waals surface area contributed by atoms with Crippen molar-refractivity contribution < 1.29 is 0 Å². The van der Waals surface area contributed by atoms with Gasteiger partial charge < -0.3 is 0 Å². The van der Waals surface area contributed by atoms with Crippen LogP contribution in [-0.4, -0.2) is 0 Å². The van der Waals surface area contributed by atoms with E-state index < -0.39 is 0 Å². The molecule has 0 bridgehead atoms.